The quantitative estimate of drug-likeness (QED) is 0.697. The van der Waals surface area contributed by atoms with E-state index in [1.807, 2.05) is 24.3 Å². The number of ether oxygens (including phenoxy) is 7. The van der Waals surface area contributed by atoms with E-state index in [9.17, 15) is 0 Å². The van der Waals surface area contributed by atoms with Crippen LogP contribution in [0.4, 0.5) is 0 Å². The normalized spacial score (nSPS) is 24.4. The molecule has 0 spiro atoms. The van der Waals surface area contributed by atoms with Crippen LogP contribution >= 0.6 is 0 Å². The lowest BCUT2D eigenvalue weighted by Gasteiger charge is -2.48. The lowest BCUT2D eigenvalue weighted by atomic mass is 9.81. The Hall–Kier alpha value is -2.84. The lowest BCUT2D eigenvalue weighted by Crippen LogP contribution is -2.57. The highest BCUT2D eigenvalue weighted by atomic mass is 16.7. The van der Waals surface area contributed by atoms with Crippen molar-refractivity contribution < 1.29 is 33.2 Å². The van der Waals surface area contributed by atoms with Crippen LogP contribution in [0.2, 0.25) is 0 Å². The zero-order valence-electron chi connectivity index (χ0n) is 18.9. The van der Waals surface area contributed by atoms with E-state index in [1.165, 1.54) is 0 Å². The van der Waals surface area contributed by atoms with Crippen molar-refractivity contribution in [3.8, 4) is 34.5 Å². The van der Waals surface area contributed by atoms with Crippen LogP contribution in [0.5, 0.6) is 34.5 Å². The number of fused-ring (bicyclic) bond motifs is 2. The summed E-state index contributed by atoms with van der Waals surface area (Å²) in [5.74, 6) is 4.10. The Labute approximate surface area is 187 Å². The van der Waals surface area contributed by atoms with Crippen molar-refractivity contribution in [3.63, 3.8) is 0 Å². The Balaban J connectivity index is 1.63. The highest BCUT2D eigenvalue weighted by Crippen LogP contribution is 2.52. The predicted octanol–water partition coefficient (Wildman–Crippen LogP) is 3.40. The molecule has 172 valence electrons. The van der Waals surface area contributed by atoms with E-state index in [-0.39, 0.29) is 12.7 Å². The zero-order valence-corrected chi connectivity index (χ0v) is 18.9. The average Bonchev–Trinajstić information content (AvgIpc) is 3.29. The second kappa shape index (κ2) is 8.26. The van der Waals surface area contributed by atoms with Crippen molar-refractivity contribution in [1.82, 2.24) is 4.90 Å². The number of hydrogen-bond donors (Lipinski definition) is 0. The van der Waals surface area contributed by atoms with Crippen LogP contribution in [-0.2, 0) is 4.74 Å². The van der Waals surface area contributed by atoms with E-state index in [0.29, 0.717) is 36.2 Å². The number of nitrogens with zero attached hydrogens (tertiary/aromatic N) is 1. The first-order chi connectivity index (χ1) is 15.6. The number of morpholine rings is 1. The Morgan fingerprint density at radius 1 is 0.875 bits per heavy atom. The molecule has 0 aliphatic carbocycles. The minimum atomic E-state index is -0.504. The van der Waals surface area contributed by atoms with Crippen molar-refractivity contribution in [2.75, 3.05) is 54.4 Å². The van der Waals surface area contributed by atoms with Gasteiger partial charge in [-0.3, -0.25) is 4.90 Å². The molecule has 0 radical (unpaired) electrons. The molecule has 3 aliphatic heterocycles. The first-order valence-electron chi connectivity index (χ1n) is 10.8. The molecule has 2 aromatic rings. The van der Waals surface area contributed by atoms with Gasteiger partial charge in [-0.05, 0) is 30.7 Å². The fraction of sp³-hybridized carbons (Fsp3) is 0.500. The van der Waals surface area contributed by atoms with E-state index >= 15 is 0 Å². The predicted molar refractivity (Wildman–Crippen MR) is 117 cm³/mol. The van der Waals surface area contributed by atoms with E-state index in [2.05, 4.69) is 11.8 Å². The van der Waals surface area contributed by atoms with Gasteiger partial charge in [0.05, 0.1) is 34.5 Å². The van der Waals surface area contributed by atoms with Crippen LogP contribution in [0.3, 0.4) is 0 Å². The Bertz CT molecular complexity index is 979. The molecule has 0 aromatic heterocycles. The third kappa shape index (κ3) is 3.47. The van der Waals surface area contributed by atoms with E-state index < -0.39 is 5.72 Å². The summed E-state index contributed by atoms with van der Waals surface area (Å²) in [6.07, 6.45) is 0.748. The SMILES string of the molecule is COc1cc([C@@H]2C[C@@](C)(N3CCOCC3)Oc3cc4c(cc32)OCO4)cc(OC)c1OC. The summed E-state index contributed by atoms with van der Waals surface area (Å²) in [6, 6.07) is 8.02. The van der Waals surface area contributed by atoms with Gasteiger partial charge < -0.3 is 33.2 Å². The van der Waals surface area contributed by atoms with Gasteiger partial charge in [0.25, 0.3) is 0 Å². The molecule has 1 fully saturated rings. The summed E-state index contributed by atoms with van der Waals surface area (Å²) in [5, 5.41) is 0. The van der Waals surface area contributed by atoms with Gasteiger partial charge in [0, 0.05) is 37.1 Å². The fourth-order valence-corrected chi connectivity index (χ4v) is 4.90. The molecule has 0 unspecified atom stereocenters. The Morgan fingerprint density at radius 2 is 1.53 bits per heavy atom. The third-order valence-electron chi connectivity index (χ3n) is 6.56. The first-order valence-corrected chi connectivity index (χ1v) is 10.8. The molecule has 0 amide bonds. The van der Waals surface area contributed by atoms with Gasteiger partial charge >= 0.3 is 0 Å². The van der Waals surface area contributed by atoms with Crippen molar-refractivity contribution in [3.05, 3.63) is 35.4 Å². The van der Waals surface area contributed by atoms with Crippen LogP contribution in [0.25, 0.3) is 0 Å². The number of benzene rings is 2. The highest BCUT2D eigenvalue weighted by molar-refractivity contribution is 5.60. The van der Waals surface area contributed by atoms with Crippen molar-refractivity contribution in [2.24, 2.45) is 0 Å². The highest BCUT2D eigenvalue weighted by Gasteiger charge is 2.44. The van der Waals surface area contributed by atoms with Gasteiger partial charge in [0.15, 0.2) is 28.7 Å². The second-order valence-electron chi connectivity index (χ2n) is 8.34. The van der Waals surface area contributed by atoms with Gasteiger partial charge in [-0.15, -0.1) is 0 Å². The summed E-state index contributed by atoms with van der Waals surface area (Å²) in [6.45, 7) is 5.39. The van der Waals surface area contributed by atoms with Crippen LogP contribution < -0.4 is 28.4 Å². The topological polar surface area (TPSA) is 67.9 Å². The maximum Gasteiger partial charge on any atom is 0.231 e. The number of methoxy groups -OCH3 is 3. The molecule has 2 aromatic carbocycles. The molecule has 8 heteroatoms. The average molecular weight is 443 g/mol. The molecule has 0 N–H and O–H groups in total. The minimum absolute atomic E-state index is 0.0230. The van der Waals surface area contributed by atoms with Crippen molar-refractivity contribution >= 4 is 0 Å². The van der Waals surface area contributed by atoms with Crippen molar-refractivity contribution in [2.45, 2.75) is 25.0 Å². The lowest BCUT2D eigenvalue weighted by molar-refractivity contribution is -0.124. The molecule has 3 aliphatic rings. The van der Waals surface area contributed by atoms with Gasteiger partial charge in [-0.2, -0.15) is 0 Å². The monoisotopic (exact) mass is 443 g/mol. The Morgan fingerprint density at radius 3 is 2.16 bits per heavy atom. The van der Waals surface area contributed by atoms with E-state index in [4.69, 9.17) is 33.2 Å². The third-order valence-corrected chi connectivity index (χ3v) is 6.56. The van der Waals surface area contributed by atoms with Gasteiger partial charge in [0.1, 0.15) is 5.75 Å². The largest absolute Gasteiger partial charge is 0.493 e. The zero-order chi connectivity index (χ0) is 22.3. The molecular weight excluding hydrogens is 414 g/mol. The molecule has 2 atom stereocenters. The summed E-state index contributed by atoms with van der Waals surface area (Å²) >= 11 is 0. The Kier molecular flexibility index (Phi) is 5.43. The number of rotatable bonds is 5. The maximum absolute atomic E-state index is 6.64. The van der Waals surface area contributed by atoms with Gasteiger partial charge in [-0.1, -0.05) is 0 Å². The van der Waals surface area contributed by atoms with Gasteiger partial charge in [-0.25, -0.2) is 0 Å². The van der Waals surface area contributed by atoms with Crippen LogP contribution in [0, 0.1) is 0 Å². The smallest absolute Gasteiger partial charge is 0.231 e. The standard InChI is InChI=1S/C24H29NO7/c1-24(25-5-7-29-8-6-25)13-17(15-9-21(26-2)23(28-4)22(10-15)27-3)16-11-19-20(31-14-30-19)12-18(16)32-24/h9-12,17H,5-8,13-14H2,1-4H3/t17-,24-/m0/s1. The van der Waals surface area contributed by atoms with Gasteiger partial charge in [0.2, 0.25) is 12.5 Å². The summed E-state index contributed by atoms with van der Waals surface area (Å²) < 4.78 is 40.3. The molecule has 8 nitrogen and oxygen atoms in total. The molecular formula is C24H29NO7. The summed E-state index contributed by atoms with van der Waals surface area (Å²) in [5.41, 5.74) is 1.60. The van der Waals surface area contributed by atoms with E-state index in [0.717, 1.165) is 42.1 Å². The summed E-state index contributed by atoms with van der Waals surface area (Å²) in [4.78, 5) is 2.36. The van der Waals surface area contributed by atoms with Crippen molar-refractivity contribution in [1.29, 1.82) is 0 Å². The number of hydrogen-bond acceptors (Lipinski definition) is 8. The maximum atomic E-state index is 6.64. The first kappa shape index (κ1) is 21.0. The van der Waals surface area contributed by atoms with Crippen LogP contribution in [0.1, 0.15) is 30.4 Å². The molecule has 0 bridgehead atoms. The van der Waals surface area contributed by atoms with Crippen LogP contribution in [-0.4, -0.2) is 65.1 Å². The van der Waals surface area contributed by atoms with Crippen LogP contribution in [0.15, 0.2) is 24.3 Å². The van der Waals surface area contributed by atoms with E-state index in [1.54, 1.807) is 21.3 Å². The second-order valence-corrected chi connectivity index (χ2v) is 8.34. The fourth-order valence-electron chi connectivity index (χ4n) is 4.90. The molecule has 1 saturated heterocycles. The molecule has 5 rings (SSSR count). The minimum Gasteiger partial charge on any atom is -0.493 e. The molecule has 32 heavy (non-hydrogen) atoms. The molecule has 3 heterocycles. The molecule has 0 saturated carbocycles. The summed E-state index contributed by atoms with van der Waals surface area (Å²) in [7, 11) is 4.88.